The molecule has 0 saturated heterocycles. The van der Waals surface area contributed by atoms with E-state index >= 15 is 0 Å². The Kier molecular flexibility index (Phi) is 4.08. The number of hydrogen-bond acceptors (Lipinski definition) is 2. The molecule has 1 fully saturated rings. The predicted octanol–water partition coefficient (Wildman–Crippen LogP) is 3.92. The Morgan fingerprint density at radius 1 is 1.21 bits per heavy atom. The number of anilines is 1. The molecule has 1 aliphatic rings. The molecule has 0 bridgehead atoms. The van der Waals surface area contributed by atoms with E-state index in [1.807, 2.05) is 30.3 Å². The molecule has 102 valence electrons. The fourth-order valence-electron chi connectivity index (χ4n) is 2.79. The standard InChI is InChI=1S/C17H23NO/c1-11(2)15-9-4-12(3)16(17(15)19)10-13-5-7-14(18)8-6-13/h5-8,10-12,15H,4,9,18H2,1-3H3/b16-10-. The fourth-order valence-corrected chi connectivity index (χ4v) is 2.79. The van der Waals surface area contributed by atoms with Gasteiger partial charge in [0, 0.05) is 11.6 Å². The topological polar surface area (TPSA) is 43.1 Å². The van der Waals surface area contributed by atoms with Crippen molar-refractivity contribution in [2.45, 2.75) is 33.6 Å². The highest BCUT2D eigenvalue weighted by atomic mass is 16.1. The number of ketones is 1. The second kappa shape index (κ2) is 5.60. The summed E-state index contributed by atoms with van der Waals surface area (Å²) in [5.74, 6) is 1.32. The van der Waals surface area contributed by atoms with Crippen LogP contribution in [0.5, 0.6) is 0 Å². The summed E-state index contributed by atoms with van der Waals surface area (Å²) >= 11 is 0. The lowest BCUT2D eigenvalue weighted by Crippen LogP contribution is -2.30. The number of carbonyl (C=O) groups excluding carboxylic acids is 1. The van der Waals surface area contributed by atoms with Gasteiger partial charge >= 0.3 is 0 Å². The van der Waals surface area contributed by atoms with Crippen molar-refractivity contribution in [2.75, 3.05) is 5.73 Å². The third-order valence-electron chi connectivity index (χ3n) is 4.13. The van der Waals surface area contributed by atoms with Crippen LogP contribution in [0.4, 0.5) is 5.69 Å². The van der Waals surface area contributed by atoms with Crippen molar-refractivity contribution in [1.82, 2.24) is 0 Å². The smallest absolute Gasteiger partial charge is 0.162 e. The molecule has 0 amide bonds. The number of carbonyl (C=O) groups is 1. The molecule has 0 aliphatic heterocycles. The van der Waals surface area contributed by atoms with Crippen LogP contribution in [0.2, 0.25) is 0 Å². The van der Waals surface area contributed by atoms with Crippen LogP contribution in [-0.4, -0.2) is 5.78 Å². The van der Waals surface area contributed by atoms with E-state index in [9.17, 15) is 4.79 Å². The highest BCUT2D eigenvalue weighted by Gasteiger charge is 2.32. The molecule has 0 radical (unpaired) electrons. The van der Waals surface area contributed by atoms with Crippen LogP contribution >= 0.6 is 0 Å². The molecule has 2 unspecified atom stereocenters. The Morgan fingerprint density at radius 3 is 2.42 bits per heavy atom. The Morgan fingerprint density at radius 2 is 1.84 bits per heavy atom. The summed E-state index contributed by atoms with van der Waals surface area (Å²) in [6.45, 7) is 6.43. The van der Waals surface area contributed by atoms with Crippen LogP contribution in [0.15, 0.2) is 29.8 Å². The molecule has 2 nitrogen and oxygen atoms in total. The summed E-state index contributed by atoms with van der Waals surface area (Å²) in [7, 11) is 0. The summed E-state index contributed by atoms with van der Waals surface area (Å²) in [4.78, 5) is 12.6. The minimum absolute atomic E-state index is 0.191. The van der Waals surface area contributed by atoms with Gasteiger partial charge in [-0.15, -0.1) is 0 Å². The Balaban J connectivity index is 2.29. The van der Waals surface area contributed by atoms with E-state index in [1.165, 1.54) is 0 Å². The maximum absolute atomic E-state index is 12.6. The second-order valence-corrected chi connectivity index (χ2v) is 5.96. The zero-order valence-electron chi connectivity index (χ0n) is 12.0. The van der Waals surface area contributed by atoms with Crippen molar-refractivity contribution in [3.8, 4) is 0 Å². The molecule has 1 aromatic carbocycles. The SMILES string of the molecule is CC1CCC(C(C)C)C(=O)/C1=C\c1ccc(N)cc1. The molecule has 19 heavy (non-hydrogen) atoms. The number of Topliss-reactive ketones (excluding diaryl/α,β-unsaturated/α-hetero) is 1. The zero-order chi connectivity index (χ0) is 14.0. The van der Waals surface area contributed by atoms with Crippen molar-refractivity contribution < 1.29 is 4.79 Å². The van der Waals surface area contributed by atoms with Crippen LogP contribution in [-0.2, 0) is 4.79 Å². The lowest BCUT2D eigenvalue weighted by molar-refractivity contribution is -0.122. The monoisotopic (exact) mass is 257 g/mol. The third-order valence-corrected chi connectivity index (χ3v) is 4.13. The molecule has 1 saturated carbocycles. The average molecular weight is 257 g/mol. The van der Waals surface area contributed by atoms with E-state index in [0.29, 0.717) is 17.6 Å². The normalized spacial score (nSPS) is 26.1. The summed E-state index contributed by atoms with van der Waals surface area (Å²) in [6.07, 6.45) is 4.17. The lowest BCUT2D eigenvalue weighted by Gasteiger charge is -2.30. The number of hydrogen-bond donors (Lipinski definition) is 1. The Hall–Kier alpha value is -1.57. The largest absolute Gasteiger partial charge is 0.399 e. The van der Waals surface area contributed by atoms with Gasteiger partial charge in [0.2, 0.25) is 0 Å². The first kappa shape index (κ1) is 13.9. The Labute approximate surface area is 115 Å². The first-order valence-corrected chi connectivity index (χ1v) is 7.10. The van der Waals surface area contributed by atoms with Gasteiger partial charge in [-0.1, -0.05) is 32.9 Å². The van der Waals surface area contributed by atoms with Gasteiger partial charge in [-0.25, -0.2) is 0 Å². The van der Waals surface area contributed by atoms with E-state index in [0.717, 1.165) is 29.7 Å². The molecule has 0 spiro atoms. The first-order valence-electron chi connectivity index (χ1n) is 7.10. The molecule has 2 N–H and O–H groups in total. The van der Waals surface area contributed by atoms with Gasteiger partial charge in [-0.3, -0.25) is 4.79 Å². The average Bonchev–Trinajstić information content (AvgIpc) is 2.36. The van der Waals surface area contributed by atoms with Crippen molar-refractivity contribution in [3.05, 3.63) is 35.4 Å². The van der Waals surface area contributed by atoms with E-state index in [1.54, 1.807) is 0 Å². The second-order valence-electron chi connectivity index (χ2n) is 5.96. The summed E-state index contributed by atoms with van der Waals surface area (Å²) in [5.41, 5.74) is 8.49. The van der Waals surface area contributed by atoms with Gasteiger partial charge in [0.1, 0.15) is 0 Å². The quantitative estimate of drug-likeness (QED) is 0.644. The minimum Gasteiger partial charge on any atom is -0.399 e. The van der Waals surface area contributed by atoms with Crippen molar-refractivity contribution >= 4 is 17.5 Å². The first-order chi connectivity index (χ1) is 8.99. The minimum atomic E-state index is 0.191. The van der Waals surface area contributed by atoms with Gasteiger partial charge in [0.15, 0.2) is 5.78 Å². The highest BCUT2D eigenvalue weighted by Crippen LogP contribution is 2.35. The fraction of sp³-hybridized carbons (Fsp3) is 0.471. The molecule has 1 aliphatic carbocycles. The molecule has 2 rings (SSSR count). The summed E-state index contributed by atoms with van der Waals surface area (Å²) in [5, 5.41) is 0. The van der Waals surface area contributed by atoms with E-state index in [4.69, 9.17) is 5.73 Å². The van der Waals surface area contributed by atoms with E-state index in [-0.39, 0.29) is 5.92 Å². The van der Waals surface area contributed by atoms with Gasteiger partial charge in [0.05, 0.1) is 0 Å². The Bertz CT molecular complexity index is 484. The number of rotatable bonds is 2. The van der Waals surface area contributed by atoms with E-state index < -0.39 is 0 Å². The van der Waals surface area contributed by atoms with Crippen molar-refractivity contribution in [2.24, 2.45) is 17.8 Å². The van der Waals surface area contributed by atoms with Gasteiger partial charge in [0.25, 0.3) is 0 Å². The van der Waals surface area contributed by atoms with Crippen LogP contribution in [0.1, 0.15) is 39.2 Å². The third kappa shape index (κ3) is 3.06. The van der Waals surface area contributed by atoms with E-state index in [2.05, 4.69) is 20.8 Å². The zero-order valence-corrected chi connectivity index (χ0v) is 12.0. The molecule has 0 aromatic heterocycles. The maximum Gasteiger partial charge on any atom is 0.162 e. The van der Waals surface area contributed by atoms with Crippen LogP contribution in [0, 0.1) is 17.8 Å². The van der Waals surface area contributed by atoms with Crippen LogP contribution in [0.25, 0.3) is 6.08 Å². The number of nitrogen functional groups attached to an aromatic ring is 1. The van der Waals surface area contributed by atoms with Gasteiger partial charge in [-0.2, -0.15) is 0 Å². The van der Waals surface area contributed by atoms with Crippen LogP contribution in [0.3, 0.4) is 0 Å². The van der Waals surface area contributed by atoms with Crippen molar-refractivity contribution in [1.29, 1.82) is 0 Å². The molecule has 2 heteroatoms. The molecular formula is C17H23NO. The number of nitrogens with two attached hydrogens (primary N) is 1. The molecule has 2 atom stereocenters. The maximum atomic E-state index is 12.6. The number of benzene rings is 1. The lowest BCUT2D eigenvalue weighted by atomic mass is 9.73. The van der Waals surface area contributed by atoms with Crippen molar-refractivity contribution in [3.63, 3.8) is 0 Å². The predicted molar refractivity (Wildman–Crippen MR) is 80.6 cm³/mol. The number of allylic oxidation sites excluding steroid dienone is 1. The van der Waals surface area contributed by atoms with Gasteiger partial charge < -0.3 is 5.73 Å². The van der Waals surface area contributed by atoms with Gasteiger partial charge in [-0.05, 0) is 54.0 Å². The summed E-state index contributed by atoms with van der Waals surface area (Å²) < 4.78 is 0. The summed E-state index contributed by atoms with van der Waals surface area (Å²) in [6, 6.07) is 7.71. The van der Waals surface area contributed by atoms with Crippen LogP contribution < -0.4 is 5.73 Å². The highest BCUT2D eigenvalue weighted by molar-refractivity contribution is 6.02. The molecular weight excluding hydrogens is 234 g/mol. The molecule has 1 aromatic rings. The molecule has 0 heterocycles.